The molecule has 3 aromatic rings. The Kier molecular flexibility index (Phi) is 7.23. The van der Waals surface area contributed by atoms with Crippen LogP contribution in [0.5, 0.6) is 0 Å². The molecule has 40 heavy (non-hydrogen) atoms. The summed E-state index contributed by atoms with van der Waals surface area (Å²) in [4.78, 5) is 17.6. The number of pyridine rings is 1. The van der Waals surface area contributed by atoms with Gasteiger partial charge in [0.25, 0.3) is 5.91 Å². The van der Waals surface area contributed by atoms with Gasteiger partial charge in [0.05, 0.1) is 22.8 Å². The molecule has 0 radical (unpaired) electrons. The molecule has 7 nitrogen and oxygen atoms in total. The Balaban J connectivity index is 1.18. The molecule has 3 fully saturated rings. The second-order valence-corrected chi connectivity index (χ2v) is 13.7. The smallest absolute Gasteiger partial charge is 0.259 e. The predicted molar refractivity (Wildman–Crippen MR) is 155 cm³/mol. The molecular formula is C31H35FN4O3S. The van der Waals surface area contributed by atoms with Crippen LogP contribution in [0.15, 0.2) is 66.9 Å². The molecular weight excluding hydrogens is 527 g/mol. The highest BCUT2D eigenvalue weighted by Crippen LogP contribution is 2.40. The minimum Gasteiger partial charge on any atom is -0.322 e. The van der Waals surface area contributed by atoms with Gasteiger partial charge >= 0.3 is 0 Å². The van der Waals surface area contributed by atoms with Crippen LogP contribution in [0, 0.1) is 5.92 Å². The highest BCUT2D eigenvalue weighted by Gasteiger charge is 2.42. The molecule has 2 heterocycles. The molecule has 0 spiro atoms. The van der Waals surface area contributed by atoms with Gasteiger partial charge in [-0.15, -0.1) is 0 Å². The maximum atomic E-state index is 15.3. The summed E-state index contributed by atoms with van der Waals surface area (Å²) in [5.41, 5.74) is 11.2. The van der Waals surface area contributed by atoms with Crippen LogP contribution in [0.4, 0.5) is 10.1 Å². The third kappa shape index (κ3) is 5.30. The van der Waals surface area contributed by atoms with Crippen LogP contribution in [0.3, 0.4) is 0 Å². The second kappa shape index (κ2) is 10.7. The predicted octanol–water partition coefficient (Wildman–Crippen LogP) is 5.23. The van der Waals surface area contributed by atoms with Gasteiger partial charge in [0, 0.05) is 35.7 Å². The molecule has 1 amide bonds. The lowest BCUT2D eigenvalue weighted by atomic mass is 9.72. The van der Waals surface area contributed by atoms with Gasteiger partial charge < -0.3 is 11.1 Å². The summed E-state index contributed by atoms with van der Waals surface area (Å²) in [6, 6.07) is 19.8. The van der Waals surface area contributed by atoms with Crippen LogP contribution in [0.25, 0.3) is 22.4 Å². The van der Waals surface area contributed by atoms with Gasteiger partial charge in [0.1, 0.15) is 0 Å². The molecule has 1 unspecified atom stereocenters. The fraction of sp³-hybridized carbons (Fsp3) is 0.419. The first kappa shape index (κ1) is 27.1. The van der Waals surface area contributed by atoms with Crippen molar-refractivity contribution in [2.75, 3.05) is 18.4 Å². The zero-order valence-electron chi connectivity index (χ0n) is 22.4. The van der Waals surface area contributed by atoms with Gasteiger partial charge in [-0.1, -0.05) is 54.6 Å². The van der Waals surface area contributed by atoms with E-state index < -0.39 is 28.0 Å². The zero-order chi connectivity index (χ0) is 27.9. The van der Waals surface area contributed by atoms with E-state index in [9.17, 15) is 13.2 Å². The fourth-order valence-electron chi connectivity index (χ4n) is 5.83. The van der Waals surface area contributed by atoms with E-state index in [0.717, 1.165) is 47.2 Å². The molecule has 1 saturated heterocycles. The Labute approximate surface area is 235 Å². The maximum absolute atomic E-state index is 15.3. The summed E-state index contributed by atoms with van der Waals surface area (Å²) < 4.78 is 41.7. The lowest BCUT2D eigenvalue weighted by Crippen LogP contribution is -2.44. The van der Waals surface area contributed by atoms with Gasteiger partial charge in [-0.25, -0.2) is 17.1 Å². The van der Waals surface area contributed by atoms with Crippen molar-refractivity contribution < 1.29 is 17.6 Å². The minimum absolute atomic E-state index is 0.243. The number of hydrogen-bond acceptors (Lipinski definition) is 5. The van der Waals surface area contributed by atoms with Crippen LogP contribution in [-0.4, -0.2) is 48.1 Å². The molecule has 3 N–H and O–H groups in total. The first-order valence-electron chi connectivity index (χ1n) is 14.1. The Morgan fingerprint density at radius 1 is 1.00 bits per heavy atom. The summed E-state index contributed by atoms with van der Waals surface area (Å²) in [6.07, 6.45) is 5.01. The largest absolute Gasteiger partial charge is 0.322 e. The van der Waals surface area contributed by atoms with E-state index in [1.807, 2.05) is 48.5 Å². The molecule has 0 bridgehead atoms. The normalized spacial score (nSPS) is 20.4. The third-order valence-corrected chi connectivity index (χ3v) is 11.1. The average molecular weight is 563 g/mol. The van der Waals surface area contributed by atoms with E-state index in [2.05, 4.69) is 17.4 Å². The van der Waals surface area contributed by atoms with Crippen molar-refractivity contribution in [3.8, 4) is 22.4 Å². The zero-order valence-corrected chi connectivity index (χ0v) is 23.2. The van der Waals surface area contributed by atoms with E-state index in [0.29, 0.717) is 31.4 Å². The summed E-state index contributed by atoms with van der Waals surface area (Å²) >= 11 is 0. The van der Waals surface area contributed by atoms with Crippen LogP contribution in [0.1, 0.15) is 50.5 Å². The van der Waals surface area contributed by atoms with Gasteiger partial charge in [-0.05, 0) is 62.1 Å². The van der Waals surface area contributed by atoms with Crippen molar-refractivity contribution in [2.45, 2.75) is 61.9 Å². The topological polar surface area (TPSA) is 105 Å². The minimum atomic E-state index is -3.28. The number of anilines is 1. The first-order valence-corrected chi connectivity index (χ1v) is 15.6. The number of carbonyl (C=O) groups excluding carboxylic acids is 1. The van der Waals surface area contributed by atoms with Crippen LogP contribution >= 0.6 is 0 Å². The van der Waals surface area contributed by atoms with Crippen molar-refractivity contribution in [3.63, 3.8) is 0 Å². The number of amides is 1. The van der Waals surface area contributed by atoms with Crippen LogP contribution in [-0.2, 0) is 20.4 Å². The SMILES string of the molecule is NC1(c2ccc(-c3ncc(NC(=O)C(F)C4CCN(S(=O)(=O)C5CC5)CC4)cc3-c3ccccc3)cc2)CCC1. The van der Waals surface area contributed by atoms with Gasteiger partial charge in [-0.3, -0.25) is 9.78 Å². The number of nitrogens with one attached hydrogen (secondary N) is 1. The van der Waals surface area contributed by atoms with Crippen molar-refractivity contribution in [1.82, 2.24) is 9.29 Å². The molecule has 1 atom stereocenters. The van der Waals surface area contributed by atoms with Crippen molar-refractivity contribution in [2.24, 2.45) is 11.7 Å². The van der Waals surface area contributed by atoms with E-state index in [1.165, 1.54) is 4.31 Å². The molecule has 2 aliphatic carbocycles. The van der Waals surface area contributed by atoms with Crippen LogP contribution < -0.4 is 11.1 Å². The molecule has 6 rings (SSSR count). The number of piperidine rings is 1. The van der Waals surface area contributed by atoms with Gasteiger partial charge in [-0.2, -0.15) is 0 Å². The maximum Gasteiger partial charge on any atom is 0.259 e. The number of rotatable bonds is 8. The molecule has 9 heteroatoms. The van der Waals surface area contributed by atoms with Crippen LogP contribution in [0.2, 0.25) is 0 Å². The van der Waals surface area contributed by atoms with Crippen molar-refractivity contribution in [3.05, 3.63) is 72.4 Å². The first-order chi connectivity index (χ1) is 19.2. The Morgan fingerprint density at radius 2 is 1.68 bits per heavy atom. The van der Waals surface area contributed by atoms with E-state index in [1.54, 1.807) is 6.20 Å². The van der Waals surface area contributed by atoms with Gasteiger partial charge in [0.15, 0.2) is 6.17 Å². The molecule has 210 valence electrons. The molecule has 3 aliphatic rings. The molecule has 1 aromatic heterocycles. The fourth-order valence-corrected chi connectivity index (χ4v) is 7.71. The number of alkyl halides is 1. The quantitative estimate of drug-likeness (QED) is 0.391. The van der Waals surface area contributed by atoms with Crippen molar-refractivity contribution >= 4 is 21.6 Å². The number of carbonyl (C=O) groups is 1. The molecule has 1 aliphatic heterocycles. The highest BCUT2D eigenvalue weighted by molar-refractivity contribution is 7.90. The number of sulfonamides is 1. The Morgan fingerprint density at radius 3 is 2.27 bits per heavy atom. The number of hydrogen-bond donors (Lipinski definition) is 2. The Hall–Kier alpha value is -3.14. The van der Waals surface area contributed by atoms with Gasteiger partial charge in [0.2, 0.25) is 10.0 Å². The summed E-state index contributed by atoms with van der Waals surface area (Å²) in [7, 11) is -3.28. The Bertz CT molecular complexity index is 1480. The van der Waals surface area contributed by atoms with E-state index >= 15 is 4.39 Å². The van der Waals surface area contributed by atoms with E-state index in [4.69, 9.17) is 10.7 Å². The molecule has 2 saturated carbocycles. The summed E-state index contributed by atoms with van der Waals surface area (Å²) in [5.74, 6) is -1.25. The monoisotopic (exact) mass is 562 g/mol. The number of halogens is 1. The number of nitrogens with zero attached hydrogens (tertiary/aromatic N) is 2. The summed E-state index contributed by atoms with van der Waals surface area (Å²) in [6.45, 7) is 0.519. The number of nitrogens with two attached hydrogens (primary N) is 1. The highest BCUT2D eigenvalue weighted by atomic mass is 32.2. The lowest BCUT2D eigenvalue weighted by molar-refractivity contribution is -0.123. The number of aromatic nitrogens is 1. The third-order valence-electron chi connectivity index (χ3n) is 8.69. The molecule has 2 aromatic carbocycles. The standard InChI is InChI=1S/C31H35FN4O3S/c32-28(22-13-17-36(18-14-22)40(38,39)26-11-12-26)30(37)35-25-19-27(21-5-2-1-3-6-21)29(34-20-25)23-7-9-24(10-8-23)31(33)15-4-16-31/h1-3,5-10,19-20,22,26,28H,4,11-18,33H2,(H,35,37). The number of benzene rings is 2. The van der Waals surface area contributed by atoms with Crippen molar-refractivity contribution in [1.29, 1.82) is 0 Å². The second-order valence-electron chi connectivity index (χ2n) is 11.4. The average Bonchev–Trinajstić information content (AvgIpc) is 3.83. The summed E-state index contributed by atoms with van der Waals surface area (Å²) in [5, 5.41) is 2.44. The van der Waals surface area contributed by atoms with E-state index in [-0.39, 0.29) is 23.9 Å². The lowest BCUT2D eigenvalue weighted by Gasteiger charge is -2.38.